The van der Waals surface area contributed by atoms with Crippen molar-refractivity contribution in [2.75, 3.05) is 31.1 Å². The summed E-state index contributed by atoms with van der Waals surface area (Å²) in [6.07, 6.45) is -4.40. The highest BCUT2D eigenvalue weighted by molar-refractivity contribution is 7.97. The lowest BCUT2D eigenvalue weighted by atomic mass is 10.2. The normalized spacial score (nSPS) is 17.2. The van der Waals surface area contributed by atoms with E-state index in [1.54, 1.807) is 0 Å². The molecule has 3 aromatic rings. The van der Waals surface area contributed by atoms with E-state index in [4.69, 9.17) is 0 Å². The van der Waals surface area contributed by atoms with Crippen LogP contribution in [0.25, 0.3) is 11.4 Å². The third kappa shape index (κ3) is 4.52. The molecule has 0 aliphatic carbocycles. The third-order valence-corrected chi connectivity index (χ3v) is 7.02. The summed E-state index contributed by atoms with van der Waals surface area (Å²) in [7, 11) is 0. The van der Waals surface area contributed by atoms with Gasteiger partial charge < -0.3 is 10.2 Å². The van der Waals surface area contributed by atoms with Crippen molar-refractivity contribution >= 4 is 28.4 Å². The molecule has 0 unspecified atom stereocenters. The van der Waals surface area contributed by atoms with Crippen LogP contribution < -0.4 is 10.2 Å². The van der Waals surface area contributed by atoms with Gasteiger partial charge in [0, 0.05) is 44.6 Å². The Labute approximate surface area is 184 Å². The van der Waals surface area contributed by atoms with Gasteiger partial charge in [0.25, 0.3) is 0 Å². The van der Waals surface area contributed by atoms with E-state index in [1.165, 1.54) is 17.5 Å². The number of hydrogen-bond acceptors (Lipinski definition) is 9. The van der Waals surface area contributed by atoms with Crippen LogP contribution in [0.1, 0.15) is 17.0 Å². The average molecular weight is 466 g/mol. The number of rotatable bonds is 4. The monoisotopic (exact) mass is 465 g/mol. The van der Waals surface area contributed by atoms with Crippen molar-refractivity contribution < 1.29 is 13.2 Å². The third-order valence-electron chi connectivity index (χ3n) is 5.09. The van der Waals surface area contributed by atoms with E-state index in [2.05, 4.69) is 35.9 Å². The lowest BCUT2D eigenvalue weighted by Crippen LogP contribution is -2.43. The van der Waals surface area contributed by atoms with Gasteiger partial charge in [-0.05, 0) is 35.7 Å². The van der Waals surface area contributed by atoms with Gasteiger partial charge in [0.2, 0.25) is 0 Å². The Kier molecular flexibility index (Phi) is 5.54. The Morgan fingerprint density at radius 2 is 1.74 bits per heavy atom. The molecule has 5 rings (SSSR count). The highest BCUT2D eigenvalue weighted by atomic mass is 32.2. The van der Waals surface area contributed by atoms with Crippen molar-refractivity contribution in [1.29, 1.82) is 0 Å². The van der Waals surface area contributed by atoms with E-state index in [9.17, 15) is 13.2 Å². The summed E-state index contributed by atoms with van der Waals surface area (Å²) in [5.74, 6) is 0. The lowest BCUT2D eigenvalue weighted by molar-refractivity contribution is -0.140. The van der Waals surface area contributed by atoms with E-state index < -0.39 is 11.9 Å². The second kappa shape index (κ2) is 8.34. The molecule has 2 aliphatic heterocycles. The molecule has 0 spiro atoms. The predicted octanol–water partition coefficient (Wildman–Crippen LogP) is 3.45. The first kappa shape index (κ1) is 20.6. The molecule has 5 heterocycles. The summed E-state index contributed by atoms with van der Waals surface area (Å²) in [5, 5.41) is 14.2. The van der Waals surface area contributed by atoms with Crippen molar-refractivity contribution in [2.45, 2.75) is 24.3 Å². The molecule has 0 bridgehead atoms. The molecule has 2 aliphatic rings. The maximum Gasteiger partial charge on any atom is 0.434 e. The van der Waals surface area contributed by atoms with Crippen LogP contribution in [0.5, 0.6) is 0 Å². The number of nitrogens with zero attached hydrogens (tertiary/aromatic N) is 6. The Hall–Kier alpha value is -2.28. The Bertz CT molecular complexity index is 1060. The number of nitrogens with one attached hydrogen (secondary N) is 1. The van der Waals surface area contributed by atoms with Crippen LogP contribution in [0.2, 0.25) is 0 Å². The molecule has 0 amide bonds. The van der Waals surface area contributed by atoms with Gasteiger partial charge in [0.15, 0.2) is 10.8 Å². The van der Waals surface area contributed by atoms with Gasteiger partial charge in [-0.1, -0.05) is 6.07 Å². The number of aromatic nitrogens is 4. The van der Waals surface area contributed by atoms with E-state index in [1.807, 2.05) is 23.1 Å². The fraction of sp³-hybridized carbons (Fsp3) is 0.368. The van der Waals surface area contributed by atoms with Crippen LogP contribution in [0.15, 0.2) is 34.7 Å². The number of pyridine rings is 1. The van der Waals surface area contributed by atoms with E-state index in [-0.39, 0.29) is 0 Å². The zero-order chi connectivity index (χ0) is 21.4. The molecule has 162 valence electrons. The molecule has 1 saturated heterocycles. The Morgan fingerprint density at radius 1 is 0.935 bits per heavy atom. The number of fused-ring (bicyclic) bond motifs is 1. The minimum Gasteiger partial charge on any atom is -0.345 e. The van der Waals surface area contributed by atoms with E-state index in [0.29, 0.717) is 31.3 Å². The number of halogens is 3. The molecule has 0 saturated carbocycles. The zero-order valence-electron chi connectivity index (χ0n) is 16.3. The van der Waals surface area contributed by atoms with E-state index >= 15 is 0 Å². The maximum absolute atomic E-state index is 12.8. The molecule has 7 nitrogen and oxygen atoms in total. The standard InChI is InChI=1S/C19H18F3N7S2/c20-19(21,22)16-11-30-18(25-16)28-5-7-29(8-6-28)31-17-4-3-14(26-27-17)13-2-1-12-9-23-10-15(12)24-13/h1-4,11,23H,5-10H2. The maximum atomic E-state index is 12.8. The molecule has 1 fully saturated rings. The molecule has 1 N–H and O–H groups in total. The highest BCUT2D eigenvalue weighted by Gasteiger charge is 2.34. The number of hydrogen-bond donors (Lipinski definition) is 1. The van der Waals surface area contributed by atoms with Crippen molar-refractivity contribution in [1.82, 2.24) is 29.8 Å². The fourth-order valence-electron chi connectivity index (χ4n) is 3.45. The van der Waals surface area contributed by atoms with Gasteiger partial charge in [-0.25, -0.2) is 14.3 Å². The second-order valence-electron chi connectivity index (χ2n) is 7.18. The average Bonchev–Trinajstić information content (AvgIpc) is 3.44. The largest absolute Gasteiger partial charge is 0.434 e. The Balaban J connectivity index is 1.18. The minimum atomic E-state index is -4.40. The van der Waals surface area contributed by atoms with Gasteiger partial charge in [0.05, 0.1) is 11.4 Å². The summed E-state index contributed by atoms with van der Waals surface area (Å²) in [6.45, 7) is 4.22. The van der Waals surface area contributed by atoms with Crippen LogP contribution in [-0.2, 0) is 19.3 Å². The van der Waals surface area contributed by atoms with Crippen LogP contribution in [0, 0.1) is 0 Å². The smallest absolute Gasteiger partial charge is 0.345 e. The first-order chi connectivity index (χ1) is 15.0. The SMILES string of the molecule is FC(F)(F)c1csc(N2CCN(Sc3ccc(-c4ccc5c(n4)CNC5)nn3)CC2)n1. The molecular formula is C19H18F3N7S2. The van der Waals surface area contributed by atoms with Gasteiger partial charge in [0.1, 0.15) is 10.7 Å². The van der Waals surface area contributed by atoms with Crippen molar-refractivity contribution in [2.24, 2.45) is 0 Å². The molecule has 0 radical (unpaired) electrons. The quantitative estimate of drug-likeness (QED) is 0.588. The number of alkyl halides is 3. The van der Waals surface area contributed by atoms with Crippen molar-refractivity contribution in [3.63, 3.8) is 0 Å². The summed E-state index contributed by atoms with van der Waals surface area (Å²) < 4.78 is 40.4. The Morgan fingerprint density at radius 3 is 2.45 bits per heavy atom. The lowest BCUT2D eigenvalue weighted by Gasteiger charge is -2.33. The molecule has 31 heavy (non-hydrogen) atoms. The topological polar surface area (TPSA) is 70.1 Å². The molecule has 12 heteroatoms. The van der Waals surface area contributed by atoms with Crippen LogP contribution in [-0.4, -0.2) is 50.6 Å². The molecule has 3 aromatic heterocycles. The van der Waals surface area contributed by atoms with Crippen LogP contribution in [0.3, 0.4) is 0 Å². The van der Waals surface area contributed by atoms with Crippen molar-refractivity contribution in [3.8, 4) is 11.4 Å². The molecule has 0 atom stereocenters. The number of piperazine rings is 1. The molecule has 0 aromatic carbocycles. The zero-order valence-corrected chi connectivity index (χ0v) is 17.9. The number of thiazole rings is 1. The van der Waals surface area contributed by atoms with Gasteiger partial charge in [-0.15, -0.1) is 21.5 Å². The predicted molar refractivity (Wildman–Crippen MR) is 113 cm³/mol. The summed E-state index contributed by atoms with van der Waals surface area (Å²) in [4.78, 5) is 10.3. The van der Waals surface area contributed by atoms with Gasteiger partial charge in [-0.3, -0.25) is 0 Å². The fourth-order valence-corrected chi connectivity index (χ4v) is 5.15. The molecular weight excluding hydrogens is 447 g/mol. The number of anilines is 1. The first-order valence-corrected chi connectivity index (χ1v) is 11.4. The first-order valence-electron chi connectivity index (χ1n) is 9.70. The van der Waals surface area contributed by atoms with E-state index in [0.717, 1.165) is 51.9 Å². The summed E-state index contributed by atoms with van der Waals surface area (Å²) >= 11 is 2.53. The van der Waals surface area contributed by atoms with Gasteiger partial charge in [-0.2, -0.15) is 13.2 Å². The minimum absolute atomic E-state index is 0.415. The van der Waals surface area contributed by atoms with Gasteiger partial charge >= 0.3 is 6.18 Å². The van der Waals surface area contributed by atoms with Crippen LogP contribution in [0.4, 0.5) is 18.3 Å². The second-order valence-corrected chi connectivity index (χ2v) is 9.14. The summed E-state index contributed by atoms with van der Waals surface area (Å²) in [5.41, 5.74) is 2.98. The van der Waals surface area contributed by atoms with Crippen LogP contribution >= 0.6 is 23.3 Å². The highest BCUT2D eigenvalue weighted by Crippen LogP contribution is 2.34. The summed E-state index contributed by atoms with van der Waals surface area (Å²) in [6, 6.07) is 7.87. The van der Waals surface area contributed by atoms with Crippen molar-refractivity contribution in [3.05, 3.63) is 46.6 Å².